The normalized spacial score (nSPS) is 17.4. The molecule has 0 fully saturated rings. The Labute approximate surface area is 143 Å². The van der Waals surface area contributed by atoms with Gasteiger partial charge in [0.05, 0.1) is 31.0 Å². The Morgan fingerprint density at radius 2 is 2.17 bits per heavy atom. The van der Waals surface area contributed by atoms with E-state index in [0.29, 0.717) is 18.8 Å². The number of hydrogen-bond acceptors (Lipinski definition) is 4. The van der Waals surface area contributed by atoms with Gasteiger partial charge < -0.3 is 14.4 Å². The van der Waals surface area contributed by atoms with Crippen molar-refractivity contribution >= 4 is 5.69 Å². The van der Waals surface area contributed by atoms with Crippen LogP contribution in [0.5, 0.6) is 5.75 Å². The average Bonchev–Trinajstić information content (AvgIpc) is 2.59. The lowest BCUT2D eigenvalue weighted by Crippen LogP contribution is -2.30. The molecule has 0 aliphatic carbocycles. The molecule has 0 N–H and O–H groups in total. The molecule has 1 unspecified atom stereocenters. The van der Waals surface area contributed by atoms with Crippen LogP contribution >= 0.6 is 0 Å². The number of hydrogen-bond donors (Lipinski definition) is 0. The molecular formula is C20H22N2O2. The minimum Gasteiger partial charge on any atom is -0.494 e. The molecule has 0 bridgehead atoms. The molecule has 2 aromatic carbocycles. The first-order valence-corrected chi connectivity index (χ1v) is 8.33. The van der Waals surface area contributed by atoms with E-state index in [0.717, 1.165) is 35.7 Å². The first-order chi connectivity index (χ1) is 11.7. The first-order valence-electron chi connectivity index (χ1n) is 8.33. The predicted octanol–water partition coefficient (Wildman–Crippen LogP) is 4.05. The minimum absolute atomic E-state index is 0.0460. The molecule has 1 aliphatic heterocycles. The number of nitriles is 1. The fraction of sp³-hybridized carbons (Fsp3) is 0.350. The molecule has 0 amide bonds. The Kier molecular flexibility index (Phi) is 5.02. The van der Waals surface area contributed by atoms with Gasteiger partial charge in [0.25, 0.3) is 0 Å². The molecule has 4 heteroatoms. The maximum absolute atomic E-state index is 9.20. The highest BCUT2D eigenvalue weighted by Gasteiger charge is 2.19. The minimum atomic E-state index is 0.0460. The molecule has 0 spiro atoms. The highest BCUT2D eigenvalue weighted by atomic mass is 16.5. The van der Waals surface area contributed by atoms with Gasteiger partial charge in [-0.3, -0.25) is 0 Å². The molecule has 124 valence electrons. The maximum atomic E-state index is 9.20. The van der Waals surface area contributed by atoms with E-state index in [2.05, 4.69) is 30.0 Å². The van der Waals surface area contributed by atoms with E-state index in [1.807, 2.05) is 37.3 Å². The molecule has 3 rings (SSSR count). The summed E-state index contributed by atoms with van der Waals surface area (Å²) in [6.07, 6.45) is 0.0460. The summed E-state index contributed by atoms with van der Waals surface area (Å²) in [5, 5.41) is 9.20. The highest BCUT2D eigenvalue weighted by Crippen LogP contribution is 2.29. The van der Waals surface area contributed by atoms with Crippen molar-refractivity contribution < 1.29 is 9.47 Å². The van der Waals surface area contributed by atoms with Crippen molar-refractivity contribution in [3.8, 4) is 11.8 Å². The zero-order valence-electron chi connectivity index (χ0n) is 14.2. The van der Waals surface area contributed by atoms with Gasteiger partial charge in [0.2, 0.25) is 0 Å². The quantitative estimate of drug-likeness (QED) is 0.855. The maximum Gasteiger partial charge on any atom is 0.121 e. The topological polar surface area (TPSA) is 45.5 Å². The molecule has 1 atom stereocenters. The summed E-state index contributed by atoms with van der Waals surface area (Å²) in [5.74, 6) is 0.873. The molecule has 0 radical (unpaired) electrons. The van der Waals surface area contributed by atoms with Crippen LogP contribution in [-0.2, 0) is 11.3 Å². The monoisotopic (exact) mass is 322 g/mol. The van der Waals surface area contributed by atoms with E-state index in [-0.39, 0.29) is 6.10 Å². The van der Waals surface area contributed by atoms with Crippen LogP contribution < -0.4 is 9.64 Å². The molecule has 1 heterocycles. The lowest BCUT2D eigenvalue weighted by atomic mass is 9.99. The van der Waals surface area contributed by atoms with Gasteiger partial charge in [-0.1, -0.05) is 12.1 Å². The molecule has 0 saturated heterocycles. The molecule has 4 nitrogen and oxygen atoms in total. The van der Waals surface area contributed by atoms with Crippen molar-refractivity contribution in [3.05, 3.63) is 59.2 Å². The van der Waals surface area contributed by atoms with Gasteiger partial charge in [0, 0.05) is 24.8 Å². The third kappa shape index (κ3) is 3.52. The van der Waals surface area contributed by atoms with Crippen molar-refractivity contribution in [2.45, 2.75) is 26.5 Å². The van der Waals surface area contributed by atoms with Crippen LogP contribution in [0.1, 0.15) is 36.6 Å². The van der Waals surface area contributed by atoms with Crippen LogP contribution in [0.2, 0.25) is 0 Å². The van der Waals surface area contributed by atoms with Crippen LogP contribution in [0.3, 0.4) is 0 Å². The van der Waals surface area contributed by atoms with Gasteiger partial charge >= 0.3 is 0 Å². The van der Waals surface area contributed by atoms with E-state index in [1.165, 1.54) is 0 Å². The Morgan fingerprint density at radius 3 is 2.96 bits per heavy atom. The zero-order chi connectivity index (χ0) is 16.9. The van der Waals surface area contributed by atoms with Gasteiger partial charge in [-0.25, -0.2) is 0 Å². The summed E-state index contributed by atoms with van der Waals surface area (Å²) in [7, 11) is 0. The third-order valence-corrected chi connectivity index (χ3v) is 4.29. The second-order valence-corrected chi connectivity index (χ2v) is 5.89. The first kappa shape index (κ1) is 16.4. The van der Waals surface area contributed by atoms with Crippen LogP contribution in [0.15, 0.2) is 42.5 Å². The van der Waals surface area contributed by atoms with E-state index >= 15 is 0 Å². The summed E-state index contributed by atoms with van der Waals surface area (Å²) in [6, 6.07) is 16.2. The number of nitrogens with zero attached hydrogens (tertiary/aromatic N) is 2. The lowest BCUT2D eigenvalue weighted by Gasteiger charge is -2.31. The van der Waals surface area contributed by atoms with Crippen molar-refractivity contribution in [2.24, 2.45) is 0 Å². The Balaban J connectivity index is 1.94. The van der Waals surface area contributed by atoms with Crippen LogP contribution in [-0.4, -0.2) is 19.8 Å². The number of benzene rings is 2. The lowest BCUT2D eigenvalue weighted by molar-refractivity contribution is 0.0672. The Bertz CT molecular complexity index is 752. The third-order valence-electron chi connectivity index (χ3n) is 4.29. The molecule has 0 aromatic heterocycles. The summed E-state index contributed by atoms with van der Waals surface area (Å²) in [6.45, 7) is 6.93. The van der Waals surface area contributed by atoms with Gasteiger partial charge in [-0.05, 0) is 49.2 Å². The van der Waals surface area contributed by atoms with Crippen LogP contribution in [0.4, 0.5) is 5.69 Å². The standard InChI is InChI=1S/C20H22N2O2/c1-3-23-19-6-4-5-18(12-19)22-9-10-24-15(2)20-8-7-16(13-21)11-17(20)14-22/h4-8,11-12,15H,3,9-10,14H2,1-2H3. The second-order valence-electron chi connectivity index (χ2n) is 5.89. The van der Waals surface area contributed by atoms with Gasteiger partial charge in [-0.15, -0.1) is 0 Å². The predicted molar refractivity (Wildman–Crippen MR) is 94.2 cm³/mol. The fourth-order valence-electron chi connectivity index (χ4n) is 3.08. The number of rotatable bonds is 3. The van der Waals surface area contributed by atoms with E-state index < -0.39 is 0 Å². The van der Waals surface area contributed by atoms with Gasteiger partial charge in [-0.2, -0.15) is 5.26 Å². The number of ether oxygens (including phenoxy) is 2. The van der Waals surface area contributed by atoms with Crippen molar-refractivity contribution in [1.82, 2.24) is 0 Å². The fourth-order valence-corrected chi connectivity index (χ4v) is 3.08. The zero-order valence-corrected chi connectivity index (χ0v) is 14.2. The van der Waals surface area contributed by atoms with Gasteiger partial charge in [0.1, 0.15) is 5.75 Å². The smallest absolute Gasteiger partial charge is 0.121 e. The Morgan fingerprint density at radius 1 is 1.29 bits per heavy atom. The van der Waals surface area contributed by atoms with E-state index in [4.69, 9.17) is 9.47 Å². The van der Waals surface area contributed by atoms with Crippen LogP contribution in [0.25, 0.3) is 0 Å². The number of fused-ring (bicyclic) bond motifs is 1. The van der Waals surface area contributed by atoms with Crippen molar-refractivity contribution in [3.63, 3.8) is 0 Å². The van der Waals surface area contributed by atoms with Gasteiger partial charge in [0.15, 0.2) is 0 Å². The van der Waals surface area contributed by atoms with Crippen LogP contribution in [0, 0.1) is 11.3 Å². The molecule has 0 saturated carbocycles. The highest BCUT2D eigenvalue weighted by molar-refractivity contribution is 5.52. The summed E-state index contributed by atoms with van der Waals surface area (Å²) in [5.41, 5.74) is 4.08. The average molecular weight is 322 g/mol. The molecule has 24 heavy (non-hydrogen) atoms. The summed E-state index contributed by atoms with van der Waals surface area (Å²) in [4.78, 5) is 2.27. The number of anilines is 1. The molecule has 1 aliphatic rings. The largest absolute Gasteiger partial charge is 0.494 e. The SMILES string of the molecule is CCOc1cccc(N2CCOC(C)c3ccc(C#N)cc3C2)c1. The summed E-state index contributed by atoms with van der Waals surface area (Å²) < 4.78 is 11.6. The van der Waals surface area contributed by atoms with E-state index in [9.17, 15) is 5.26 Å². The van der Waals surface area contributed by atoms with Crippen molar-refractivity contribution in [1.29, 1.82) is 5.26 Å². The van der Waals surface area contributed by atoms with E-state index in [1.54, 1.807) is 0 Å². The summed E-state index contributed by atoms with van der Waals surface area (Å²) >= 11 is 0. The Hall–Kier alpha value is -2.51. The van der Waals surface area contributed by atoms with Crippen molar-refractivity contribution in [2.75, 3.05) is 24.7 Å². The second kappa shape index (κ2) is 7.37. The molecule has 2 aromatic rings. The molecular weight excluding hydrogens is 300 g/mol.